The standard InChI is InChI=1S/C64H60N4O14/c1-9-49-10-2-45(1)75-41-37-71-33-29-69-30-34-72-38-42-76-47-5-13-51(14-6-47)81-59-23-27-67-63-55(59)19-20-56-60(24-28-68-64(56)63)82-52-15-7-48(8-16-52)78-44-40-74-36-32-70-31-35-73-39-43-77-46-3-11-50(12-4-46)80-58-22-26-66-62-54(58)18-17-53-57(79-49)21-25-65-61(53)62/h1-28H,29-44H2. The van der Waals surface area contributed by atoms with Crippen LogP contribution in [0.25, 0.3) is 43.6 Å². The van der Waals surface area contributed by atoms with Crippen LogP contribution >= 0.6 is 0 Å². The van der Waals surface area contributed by atoms with E-state index < -0.39 is 0 Å². The van der Waals surface area contributed by atoms with Crippen LogP contribution in [-0.2, 0) is 28.4 Å². The molecule has 24 rings (SSSR count). The molecule has 0 amide bonds. The van der Waals surface area contributed by atoms with Crippen molar-refractivity contribution in [2.45, 2.75) is 0 Å². The average Bonchev–Trinajstić information content (AvgIpc) is 3.69. The van der Waals surface area contributed by atoms with Crippen molar-refractivity contribution in [3.8, 4) is 69.0 Å². The number of fused-ring (bicyclic) bond motifs is 1. The summed E-state index contributed by atoms with van der Waals surface area (Å²) in [5.41, 5.74) is 2.76. The number of ether oxygens (including phenoxy) is 14. The molecule has 4 aromatic heterocycles. The lowest BCUT2D eigenvalue weighted by Crippen LogP contribution is -2.14. The molecule has 14 aliphatic heterocycles. The van der Waals surface area contributed by atoms with Crippen LogP contribution in [0.15, 0.2) is 170 Å². The summed E-state index contributed by atoms with van der Waals surface area (Å²) in [4.78, 5) is 18.7. The van der Waals surface area contributed by atoms with E-state index in [1.165, 1.54) is 0 Å². The van der Waals surface area contributed by atoms with Crippen molar-refractivity contribution < 1.29 is 66.3 Å². The molecule has 0 unspecified atom stereocenters. The zero-order chi connectivity index (χ0) is 55.4. The van der Waals surface area contributed by atoms with Crippen LogP contribution in [0, 0.1) is 0 Å². The predicted octanol–water partition coefficient (Wildman–Crippen LogP) is 12.4. The summed E-state index contributed by atoms with van der Waals surface area (Å²) < 4.78 is 83.2. The van der Waals surface area contributed by atoms with Crippen LogP contribution in [-0.4, -0.2) is 126 Å². The molecule has 0 saturated heterocycles. The van der Waals surface area contributed by atoms with E-state index in [0.29, 0.717) is 197 Å². The van der Waals surface area contributed by atoms with E-state index >= 15 is 0 Å². The Morgan fingerprint density at radius 1 is 0.195 bits per heavy atom. The van der Waals surface area contributed by atoms with Gasteiger partial charge in [0.15, 0.2) is 0 Å². The van der Waals surface area contributed by atoms with Crippen molar-refractivity contribution in [1.29, 1.82) is 0 Å². The van der Waals surface area contributed by atoms with Gasteiger partial charge in [0.05, 0.1) is 79.3 Å². The molecule has 16 bridgehead atoms. The highest BCUT2D eigenvalue weighted by Gasteiger charge is 2.16. The smallest absolute Gasteiger partial charge is 0.138 e. The van der Waals surface area contributed by atoms with Crippen molar-refractivity contribution in [3.63, 3.8) is 0 Å². The van der Waals surface area contributed by atoms with E-state index in [-0.39, 0.29) is 0 Å². The quantitative estimate of drug-likeness (QED) is 0.131. The van der Waals surface area contributed by atoms with E-state index in [0.717, 1.165) is 21.5 Å². The molecule has 0 fully saturated rings. The van der Waals surface area contributed by atoms with Crippen LogP contribution < -0.4 is 37.9 Å². The molecule has 18 nitrogen and oxygen atoms in total. The number of hydrogen-bond donors (Lipinski definition) is 0. The zero-order valence-corrected chi connectivity index (χ0v) is 45.0. The number of pyridine rings is 4. The van der Waals surface area contributed by atoms with E-state index in [9.17, 15) is 0 Å². The monoisotopic (exact) mass is 1110 g/mol. The summed E-state index contributed by atoms with van der Waals surface area (Å²) >= 11 is 0. The largest absolute Gasteiger partial charge is 0.491 e. The molecule has 18 heterocycles. The zero-order valence-electron chi connectivity index (χ0n) is 45.0. The molecule has 10 aromatic rings. The van der Waals surface area contributed by atoms with E-state index in [4.69, 9.17) is 66.3 Å². The predicted molar refractivity (Wildman–Crippen MR) is 307 cm³/mol. The van der Waals surface area contributed by atoms with Crippen LogP contribution in [0.5, 0.6) is 69.0 Å². The summed E-state index contributed by atoms with van der Waals surface area (Å²) in [7, 11) is 0. The Balaban J connectivity index is 0.669. The van der Waals surface area contributed by atoms with Crippen LogP contribution in [0.2, 0.25) is 0 Å². The van der Waals surface area contributed by atoms with Crippen molar-refractivity contribution in [2.24, 2.45) is 0 Å². The van der Waals surface area contributed by atoms with Crippen LogP contribution in [0.4, 0.5) is 0 Å². The summed E-state index contributed by atoms with van der Waals surface area (Å²) in [5, 5.41) is 3.24. The van der Waals surface area contributed by atoms with Crippen LogP contribution in [0.1, 0.15) is 0 Å². The third-order valence-electron chi connectivity index (χ3n) is 12.8. The number of hydrogen-bond acceptors (Lipinski definition) is 18. The Labute approximate surface area is 473 Å². The van der Waals surface area contributed by atoms with Gasteiger partial charge in [-0.1, -0.05) is 0 Å². The third kappa shape index (κ3) is 14.9. The molecular weight excluding hydrogens is 1050 g/mol. The maximum atomic E-state index is 6.34. The van der Waals surface area contributed by atoms with E-state index in [2.05, 4.69) is 19.9 Å². The van der Waals surface area contributed by atoms with Gasteiger partial charge in [-0.25, -0.2) is 0 Å². The summed E-state index contributed by atoms with van der Waals surface area (Å²) in [6, 6.07) is 45.0. The third-order valence-corrected chi connectivity index (χ3v) is 12.8. The first-order chi connectivity index (χ1) is 40.7. The van der Waals surface area contributed by atoms with Crippen molar-refractivity contribution in [2.75, 3.05) is 106 Å². The first-order valence-electron chi connectivity index (χ1n) is 27.1. The number of nitrogens with zero attached hydrogens (tertiary/aromatic N) is 4. The van der Waals surface area contributed by atoms with Gasteiger partial charge in [-0.05, 0) is 146 Å². The minimum absolute atomic E-state index is 0.381. The van der Waals surface area contributed by atoms with Gasteiger partial charge in [-0.15, -0.1) is 0 Å². The van der Waals surface area contributed by atoms with Gasteiger partial charge in [-0.2, -0.15) is 0 Å². The molecule has 0 N–H and O–H groups in total. The molecular formula is C64H60N4O14. The van der Waals surface area contributed by atoms with Crippen molar-refractivity contribution in [1.82, 2.24) is 19.9 Å². The molecule has 0 saturated carbocycles. The molecule has 6 aromatic carbocycles. The first kappa shape index (κ1) is 55.0. The maximum absolute atomic E-state index is 6.34. The molecule has 14 aliphatic rings. The Bertz CT molecular complexity index is 3160. The normalized spacial score (nSPS) is 15.5. The molecule has 18 heteroatoms. The molecule has 82 heavy (non-hydrogen) atoms. The highest BCUT2D eigenvalue weighted by atomic mass is 16.6. The molecule has 0 spiro atoms. The van der Waals surface area contributed by atoms with Gasteiger partial charge in [0, 0.05) is 46.3 Å². The van der Waals surface area contributed by atoms with Crippen LogP contribution in [0.3, 0.4) is 0 Å². The second-order valence-corrected chi connectivity index (χ2v) is 18.3. The van der Waals surface area contributed by atoms with Gasteiger partial charge in [0.25, 0.3) is 0 Å². The number of benzene rings is 6. The lowest BCUT2D eigenvalue weighted by molar-refractivity contribution is 0.00499. The van der Waals surface area contributed by atoms with Crippen molar-refractivity contribution >= 4 is 43.6 Å². The minimum atomic E-state index is 0.381. The van der Waals surface area contributed by atoms with Gasteiger partial charge >= 0.3 is 0 Å². The lowest BCUT2D eigenvalue weighted by atomic mass is 10.1. The molecule has 0 atom stereocenters. The SMILES string of the molecule is c1cc2c3ccc4c(ccnc4c3n1)Oc1ccc(cc1)OCCOCCOCCOCCOc1ccc(cc1)Oc1ccnc3c1ccc1c(ccnc13)Oc1ccc(cc1)OCCOCCOCCOCCOc1ccc(cc1)O2. The van der Waals surface area contributed by atoms with Gasteiger partial charge in [0.1, 0.15) is 117 Å². The topological polar surface area (TPSA) is 181 Å². The molecule has 0 radical (unpaired) electrons. The fourth-order valence-electron chi connectivity index (χ4n) is 8.79. The fourth-order valence-corrected chi connectivity index (χ4v) is 8.79. The highest BCUT2D eigenvalue weighted by Crippen LogP contribution is 2.39. The Morgan fingerprint density at radius 2 is 0.378 bits per heavy atom. The Morgan fingerprint density at radius 3 is 0.585 bits per heavy atom. The first-order valence-corrected chi connectivity index (χ1v) is 27.1. The number of aromatic nitrogens is 4. The highest BCUT2D eigenvalue weighted by molar-refractivity contribution is 6.08. The van der Waals surface area contributed by atoms with E-state index in [1.54, 1.807) is 24.8 Å². The summed E-state index contributed by atoms with van der Waals surface area (Å²) in [6.45, 7) is 6.64. The minimum Gasteiger partial charge on any atom is -0.491 e. The lowest BCUT2D eigenvalue weighted by Gasteiger charge is -2.13. The number of rotatable bonds is 0. The van der Waals surface area contributed by atoms with Gasteiger partial charge in [-0.3, -0.25) is 19.9 Å². The van der Waals surface area contributed by atoms with E-state index in [1.807, 2.05) is 146 Å². The maximum Gasteiger partial charge on any atom is 0.138 e. The average molecular weight is 1110 g/mol. The fraction of sp³-hybridized carbons (Fsp3) is 0.250. The second kappa shape index (κ2) is 28.5. The van der Waals surface area contributed by atoms with Crippen molar-refractivity contribution in [3.05, 3.63) is 170 Å². The molecule has 420 valence electrons. The summed E-state index contributed by atoms with van der Waals surface area (Å²) in [5.74, 6) is 7.94. The summed E-state index contributed by atoms with van der Waals surface area (Å²) in [6.07, 6.45) is 6.85. The Hall–Kier alpha value is -8.88. The van der Waals surface area contributed by atoms with Gasteiger partial charge in [0.2, 0.25) is 0 Å². The molecule has 0 aliphatic carbocycles. The Kier molecular flexibility index (Phi) is 19.1. The van der Waals surface area contributed by atoms with Gasteiger partial charge < -0.3 is 66.3 Å². The second-order valence-electron chi connectivity index (χ2n) is 18.3.